The average molecular weight is 299 g/mol. The number of anilines is 1. The molecule has 0 saturated heterocycles. The predicted octanol–water partition coefficient (Wildman–Crippen LogP) is 1.93. The molecule has 3 N–H and O–H groups in total. The summed E-state index contributed by atoms with van der Waals surface area (Å²) in [4.78, 5) is 13.9. The molecule has 0 radical (unpaired) electrons. The number of nitrogens with one attached hydrogen (secondary N) is 1. The number of phenols is 2. The standard InChI is InChI=1S/C16H17N3O3/c1-19(2)13-6-3-11(4-7-13)16(22)18-17-10-12-5-8-14(20)9-15(12)21/h3-10,20-21H,1-2H3,(H,18,22)/b17-10-. The lowest BCUT2D eigenvalue weighted by Crippen LogP contribution is -2.18. The van der Waals surface area contributed by atoms with Crippen molar-refractivity contribution in [2.24, 2.45) is 5.10 Å². The Labute approximate surface area is 128 Å². The fraction of sp³-hybridized carbons (Fsp3) is 0.125. The zero-order valence-electron chi connectivity index (χ0n) is 12.3. The first-order valence-electron chi connectivity index (χ1n) is 6.60. The molecule has 2 aromatic rings. The molecule has 0 aliphatic carbocycles. The van der Waals surface area contributed by atoms with Crippen molar-refractivity contribution in [1.29, 1.82) is 0 Å². The Kier molecular flexibility index (Phi) is 4.63. The normalized spacial score (nSPS) is 10.6. The topological polar surface area (TPSA) is 85.2 Å². The van der Waals surface area contributed by atoms with E-state index in [4.69, 9.17) is 0 Å². The molecule has 0 aliphatic heterocycles. The van der Waals surface area contributed by atoms with Crippen LogP contribution in [0.1, 0.15) is 15.9 Å². The maximum absolute atomic E-state index is 11.9. The molecule has 0 aromatic heterocycles. The van der Waals surface area contributed by atoms with E-state index in [0.717, 1.165) is 5.69 Å². The van der Waals surface area contributed by atoms with Gasteiger partial charge >= 0.3 is 0 Å². The van der Waals surface area contributed by atoms with E-state index in [1.165, 1.54) is 24.4 Å². The first kappa shape index (κ1) is 15.4. The second kappa shape index (κ2) is 6.62. The van der Waals surface area contributed by atoms with E-state index in [2.05, 4.69) is 10.5 Å². The molecule has 0 atom stereocenters. The van der Waals surface area contributed by atoms with Crippen LogP contribution in [0.4, 0.5) is 5.69 Å². The summed E-state index contributed by atoms with van der Waals surface area (Å²) in [5.41, 5.74) is 4.25. The molecule has 6 nitrogen and oxygen atoms in total. The lowest BCUT2D eigenvalue weighted by atomic mass is 10.2. The van der Waals surface area contributed by atoms with Crippen molar-refractivity contribution < 1.29 is 15.0 Å². The number of carbonyl (C=O) groups is 1. The summed E-state index contributed by atoms with van der Waals surface area (Å²) in [7, 11) is 3.84. The smallest absolute Gasteiger partial charge is 0.271 e. The molecule has 0 heterocycles. The van der Waals surface area contributed by atoms with Crippen molar-refractivity contribution in [3.8, 4) is 11.5 Å². The maximum Gasteiger partial charge on any atom is 0.271 e. The van der Waals surface area contributed by atoms with Crippen LogP contribution in [0.2, 0.25) is 0 Å². The van der Waals surface area contributed by atoms with Gasteiger partial charge in [-0.25, -0.2) is 5.43 Å². The summed E-state index contributed by atoms with van der Waals surface area (Å²) >= 11 is 0. The minimum Gasteiger partial charge on any atom is -0.508 e. The van der Waals surface area contributed by atoms with Gasteiger partial charge in [0, 0.05) is 37.0 Å². The number of rotatable bonds is 4. The van der Waals surface area contributed by atoms with E-state index in [9.17, 15) is 15.0 Å². The number of amides is 1. The van der Waals surface area contributed by atoms with Crippen LogP contribution in [0.15, 0.2) is 47.6 Å². The first-order valence-corrected chi connectivity index (χ1v) is 6.60. The Morgan fingerprint density at radius 2 is 1.82 bits per heavy atom. The highest BCUT2D eigenvalue weighted by molar-refractivity contribution is 5.95. The Morgan fingerprint density at radius 1 is 1.14 bits per heavy atom. The monoisotopic (exact) mass is 299 g/mol. The molecule has 2 rings (SSSR count). The molecule has 0 spiro atoms. The van der Waals surface area contributed by atoms with Crippen molar-refractivity contribution >= 4 is 17.8 Å². The van der Waals surface area contributed by atoms with Gasteiger partial charge in [0.05, 0.1) is 6.21 Å². The number of phenolic OH excluding ortho intramolecular Hbond substituents is 2. The number of nitrogens with zero attached hydrogens (tertiary/aromatic N) is 2. The van der Waals surface area contributed by atoms with E-state index in [0.29, 0.717) is 11.1 Å². The minimum absolute atomic E-state index is 0.0420. The van der Waals surface area contributed by atoms with Crippen molar-refractivity contribution in [1.82, 2.24) is 5.43 Å². The summed E-state index contributed by atoms with van der Waals surface area (Å²) in [6.07, 6.45) is 1.31. The van der Waals surface area contributed by atoms with E-state index >= 15 is 0 Å². The van der Waals surface area contributed by atoms with Crippen molar-refractivity contribution in [3.05, 3.63) is 53.6 Å². The first-order chi connectivity index (χ1) is 10.5. The molecular weight excluding hydrogens is 282 g/mol. The highest BCUT2D eigenvalue weighted by atomic mass is 16.3. The quantitative estimate of drug-likeness (QED) is 0.595. The van der Waals surface area contributed by atoms with Gasteiger partial charge in [0.25, 0.3) is 5.91 Å². The summed E-state index contributed by atoms with van der Waals surface area (Å²) < 4.78 is 0. The molecule has 0 bridgehead atoms. The zero-order chi connectivity index (χ0) is 16.1. The minimum atomic E-state index is -0.347. The number of benzene rings is 2. The zero-order valence-corrected chi connectivity index (χ0v) is 12.3. The van der Waals surface area contributed by atoms with Crippen molar-refractivity contribution in [2.75, 3.05) is 19.0 Å². The molecule has 0 aliphatic rings. The molecule has 0 fully saturated rings. The van der Waals surface area contributed by atoms with E-state index in [1.54, 1.807) is 12.1 Å². The Hall–Kier alpha value is -3.02. The summed E-state index contributed by atoms with van der Waals surface area (Å²) in [5, 5.41) is 22.6. The fourth-order valence-electron chi connectivity index (χ4n) is 1.78. The summed E-state index contributed by atoms with van der Waals surface area (Å²) in [6.45, 7) is 0. The van der Waals surface area contributed by atoms with Gasteiger partial charge in [-0.15, -0.1) is 0 Å². The van der Waals surface area contributed by atoms with Gasteiger partial charge in [0.15, 0.2) is 0 Å². The second-order valence-electron chi connectivity index (χ2n) is 4.88. The molecule has 6 heteroatoms. The van der Waals surface area contributed by atoms with Crippen molar-refractivity contribution in [3.63, 3.8) is 0 Å². The van der Waals surface area contributed by atoms with Gasteiger partial charge < -0.3 is 15.1 Å². The van der Waals surface area contributed by atoms with E-state index in [1.807, 2.05) is 31.1 Å². The van der Waals surface area contributed by atoms with Crippen molar-refractivity contribution in [2.45, 2.75) is 0 Å². The van der Waals surface area contributed by atoms with Gasteiger partial charge in [-0.05, 0) is 36.4 Å². The third-order valence-electron chi connectivity index (χ3n) is 3.03. The van der Waals surface area contributed by atoms with Gasteiger partial charge in [-0.1, -0.05) is 0 Å². The largest absolute Gasteiger partial charge is 0.508 e. The van der Waals surface area contributed by atoms with Crippen LogP contribution in [0.25, 0.3) is 0 Å². The Morgan fingerprint density at radius 3 is 2.41 bits per heavy atom. The highest BCUT2D eigenvalue weighted by Crippen LogP contribution is 2.20. The van der Waals surface area contributed by atoms with E-state index < -0.39 is 0 Å². The van der Waals surface area contributed by atoms with Crippen LogP contribution in [-0.2, 0) is 0 Å². The number of hydrogen-bond donors (Lipinski definition) is 3. The van der Waals surface area contributed by atoms with Gasteiger partial charge in [-0.3, -0.25) is 4.79 Å². The predicted molar refractivity (Wildman–Crippen MR) is 85.6 cm³/mol. The molecule has 114 valence electrons. The van der Waals surface area contributed by atoms with Crippen LogP contribution in [0, 0.1) is 0 Å². The summed E-state index contributed by atoms with van der Waals surface area (Å²) in [6, 6.07) is 11.2. The fourth-order valence-corrected chi connectivity index (χ4v) is 1.78. The molecule has 2 aromatic carbocycles. The maximum atomic E-state index is 11.9. The third kappa shape index (κ3) is 3.76. The number of hydrazone groups is 1. The Bertz CT molecular complexity index is 694. The van der Waals surface area contributed by atoms with Gasteiger partial charge in [0.2, 0.25) is 0 Å². The highest BCUT2D eigenvalue weighted by Gasteiger charge is 2.05. The molecule has 1 amide bonds. The lowest BCUT2D eigenvalue weighted by molar-refractivity contribution is 0.0955. The van der Waals surface area contributed by atoms with Crippen LogP contribution in [-0.4, -0.2) is 36.4 Å². The van der Waals surface area contributed by atoms with Crippen LogP contribution < -0.4 is 10.3 Å². The number of aromatic hydroxyl groups is 2. The molecule has 22 heavy (non-hydrogen) atoms. The lowest BCUT2D eigenvalue weighted by Gasteiger charge is -2.12. The third-order valence-corrected chi connectivity index (χ3v) is 3.03. The van der Waals surface area contributed by atoms with Crippen LogP contribution in [0.3, 0.4) is 0 Å². The van der Waals surface area contributed by atoms with Crippen LogP contribution in [0.5, 0.6) is 11.5 Å². The summed E-state index contributed by atoms with van der Waals surface area (Å²) in [5.74, 6) is -0.507. The van der Waals surface area contributed by atoms with Gasteiger partial charge in [-0.2, -0.15) is 5.10 Å². The second-order valence-corrected chi connectivity index (χ2v) is 4.88. The molecule has 0 unspecified atom stereocenters. The number of carbonyl (C=O) groups excluding carboxylic acids is 1. The molecular formula is C16H17N3O3. The average Bonchev–Trinajstić information content (AvgIpc) is 2.49. The Balaban J connectivity index is 2.01. The number of hydrogen-bond acceptors (Lipinski definition) is 5. The van der Waals surface area contributed by atoms with Crippen LogP contribution >= 0.6 is 0 Å². The molecule has 0 saturated carbocycles. The van der Waals surface area contributed by atoms with Gasteiger partial charge in [0.1, 0.15) is 11.5 Å². The van der Waals surface area contributed by atoms with E-state index in [-0.39, 0.29) is 17.4 Å². The SMILES string of the molecule is CN(C)c1ccc(C(=O)N/N=C\c2ccc(O)cc2O)cc1.